The third-order valence-electron chi connectivity index (χ3n) is 4.25. The molecule has 0 fully saturated rings. The first-order valence-electron chi connectivity index (χ1n) is 8.75. The molecule has 3 aromatic carbocycles. The predicted molar refractivity (Wildman–Crippen MR) is 110 cm³/mol. The number of carbonyl (C=O) groups excluding carboxylic acids is 1. The highest BCUT2D eigenvalue weighted by atomic mass is 35.5. The number of halogens is 1. The average Bonchev–Trinajstić information content (AvgIpc) is 2.70. The fourth-order valence-corrected chi connectivity index (χ4v) is 3.09. The molecule has 0 saturated carbocycles. The molecule has 0 unspecified atom stereocenters. The highest BCUT2D eigenvalue weighted by Crippen LogP contribution is 2.26. The largest absolute Gasteiger partial charge is 0.479 e. The van der Waals surface area contributed by atoms with Crippen molar-refractivity contribution in [1.82, 2.24) is 5.32 Å². The first-order chi connectivity index (χ1) is 13.2. The van der Waals surface area contributed by atoms with Gasteiger partial charge < -0.3 is 10.1 Å². The Morgan fingerprint density at radius 2 is 1.81 bits per heavy atom. The van der Waals surface area contributed by atoms with E-state index in [1.54, 1.807) is 6.07 Å². The monoisotopic (exact) mass is 377 g/mol. The summed E-state index contributed by atoms with van der Waals surface area (Å²) in [4.78, 5) is 12.2. The van der Waals surface area contributed by atoms with Gasteiger partial charge >= 0.3 is 0 Å². The fourth-order valence-electron chi connectivity index (χ4n) is 2.83. The normalized spacial score (nSPS) is 10.4. The van der Waals surface area contributed by atoms with Crippen LogP contribution in [0.4, 0.5) is 0 Å². The molecule has 0 aliphatic carbocycles. The molecule has 0 aromatic heterocycles. The highest BCUT2D eigenvalue weighted by molar-refractivity contribution is 6.32. The summed E-state index contributed by atoms with van der Waals surface area (Å²) in [6.45, 7) is 0.694. The lowest BCUT2D eigenvalue weighted by Crippen LogP contribution is -2.22. The molecular weight excluding hydrogens is 358 g/mol. The van der Waals surface area contributed by atoms with E-state index in [1.165, 1.54) is 10.8 Å². The zero-order valence-corrected chi connectivity index (χ0v) is 15.6. The van der Waals surface area contributed by atoms with Crippen LogP contribution in [-0.4, -0.2) is 12.5 Å². The van der Waals surface area contributed by atoms with Crippen molar-refractivity contribution >= 4 is 28.3 Å². The van der Waals surface area contributed by atoms with Gasteiger partial charge in [-0.2, -0.15) is 0 Å². The molecule has 1 N–H and O–H groups in total. The van der Waals surface area contributed by atoms with Gasteiger partial charge in [0.15, 0.2) is 0 Å². The van der Waals surface area contributed by atoms with Crippen LogP contribution in [0.3, 0.4) is 0 Å². The number of benzene rings is 3. The minimum absolute atomic E-state index is 0.00643. The Balaban J connectivity index is 1.50. The minimum atomic E-state index is 0.00643. The minimum Gasteiger partial charge on any atom is -0.479 e. The number of hydrogen-bond donors (Lipinski definition) is 1. The third-order valence-corrected chi connectivity index (χ3v) is 4.55. The molecule has 0 bridgehead atoms. The summed E-state index contributed by atoms with van der Waals surface area (Å²) >= 11 is 6.18. The lowest BCUT2D eigenvalue weighted by atomic mass is 10.1. The van der Waals surface area contributed by atoms with Crippen molar-refractivity contribution in [2.24, 2.45) is 0 Å². The van der Waals surface area contributed by atoms with Crippen molar-refractivity contribution in [3.05, 3.63) is 76.8 Å². The van der Waals surface area contributed by atoms with Crippen LogP contribution in [0.2, 0.25) is 5.02 Å². The fraction of sp³-hybridized carbons (Fsp3) is 0.174. The summed E-state index contributed by atoms with van der Waals surface area (Å²) in [5.41, 5.74) is 2.06. The number of amides is 1. The summed E-state index contributed by atoms with van der Waals surface area (Å²) in [7, 11) is 0. The van der Waals surface area contributed by atoms with Crippen LogP contribution in [0.5, 0.6) is 5.75 Å². The molecule has 136 valence electrons. The first-order valence-corrected chi connectivity index (χ1v) is 9.12. The molecule has 0 radical (unpaired) electrons. The summed E-state index contributed by atoms with van der Waals surface area (Å²) in [5.74, 6) is 2.96. The van der Waals surface area contributed by atoms with E-state index in [-0.39, 0.29) is 12.5 Å². The van der Waals surface area contributed by atoms with Crippen molar-refractivity contribution in [2.45, 2.75) is 19.4 Å². The molecule has 0 aliphatic rings. The SMILES string of the molecule is C#CCOc1ccc(CCC(=O)NCc2ccc3ccccc3c2)cc1Cl. The highest BCUT2D eigenvalue weighted by Gasteiger charge is 2.06. The number of nitrogens with one attached hydrogen (secondary N) is 1. The van der Waals surface area contributed by atoms with Gasteiger partial charge in [-0.05, 0) is 46.5 Å². The lowest BCUT2D eigenvalue weighted by molar-refractivity contribution is -0.121. The Morgan fingerprint density at radius 1 is 1.04 bits per heavy atom. The number of terminal acetylenes is 1. The van der Waals surface area contributed by atoms with Crippen molar-refractivity contribution in [3.8, 4) is 18.1 Å². The summed E-state index contributed by atoms with van der Waals surface area (Å²) in [5, 5.41) is 5.83. The molecule has 0 spiro atoms. The molecule has 4 heteroatoms. The summed E-state index contributed by atoms with van der Waals surface area (Å²) in [6.07, 6.45) is 6.18. The van der Waals surface area contributed by atoms with Crippen LogP contribution < -0.4 is 10.1 Å². The Kier molecular flexibility index (Phi) is 6.35. The van der Waals surface area contributed by atoms with E-state index in [9.17, 15) is 4.79 Å². The van der Waals surface area contributed by atoms with E-state index < -0.39 is 0 Å². The number of fused-ring (bicyclic) bond motifs is 1. The molecule has 3 nitrogen and oxygen atoms in total. The zero-order chi connectivity index (χ0) is 19.1. The number of aryl methyl sites for hydroxylation is 1. The van der Waals surface area contributed by atoms with E-state index in [0.717, 1.165) is 11.1 Å². The lowest BCUT2D eigenvalue weighted by Gasteiger charge is -2.09. The quantitative estimate of drug-likeness (QED) is 0.603. The van der Waals surface area contributed by atoms with Gasteiger partial charge in [0.1, 0.15) is 12.4 Å². The Bertz CT molecular complexity index is 991. The van der Waals surface area contributed by atoms with Crippen molar-refractivity contribution in [1.29, 1.82) is 0 Å². The molecule has 0 atom stereocenters. The van der Waals surface area contributed by atoms with E-state index in [0.29, 0.717) is 30.2 Å². The van der Waals surface area contributed by atoms with Crippen molar-refractivity contribution in [2.75, 3.05) is 6.61 Å². The second kappa shape index (κ2) is 9.12. The maximum atomic E-state index is 12.2. The van der Waals surface area contributed by atoms with Crippen LogP contribution in [0.1, 0.15) is 17.5 Å². The first kappa shape index (κ1) is 18.8. The molecule has 0 aliphatic heterocycles. The van der Waals surface area contributed by atoms with E-state index in [2.05, 4.69) is 35.5 Å². The maximum absolute atomic E-state index is 12.2. The van der Waals surface area contributed by atoms with Gasteiger partial charge in [0, 0.05) is 13.0 Å². The van der Waals surface area contributed by atoms with Gasteiger partial charge in [-0.25, -0.2) is 0 Å². The second-order valence-electron chi connectivity index (χ2n) is 6.22. The number of rotatable bonds is 7. The van der Waals surface area contributed by atoms with Crippen molar-refractivity contribution in [3.63, 3.8) is 0 Å². The summed E-state index contributed by atoms with van der Waals surface area (Å²) in [6, 6.07) is 19.9. The van der Waals surface area contributed by atoms with Crippen LogP contribution in [0.25, 0.3) is 10.8 Å². The average molecular weight is 378 g/mol. The molecule has 3 aromatic rings. The van der Waals surface area contributed by atoms with Crippen LogP contribution in [0.15, 0.2) is 60.7 Å². The standard InChI is InChI=1S/C23H20ClNO2/c1-2-13-27-22-11-8-17(15-21(22)24)9-12-23(26)25-16-18-7-10-19-5-3-4-6-20(19)14-18/h1,3-8,10-11,14-15H,9,12-13,16H2,(H,25,26). The molecule has 1 amide bonds. The van der Waals surface area contributed by atoms with Gasteiger partial charge in [0.05, 0.1) is 5.02 Å². The van der Waals surface area contributed by atoms with Gasteiger partial charge in [-0.1, -0.05) is 60.0 Å². The smallest absolute Gasteiger partial charge is 0.220 e. The maximum Gasteiger partial charge on any atom is 0.220 e. The zero-order valence-electron chi connectivity index (χ0n) is 14.9. The summed E-state index contributed by atoms with van der Waals surface area (Å²) < 4.78 is 5.34. The van der Waals surface area contributed by atoms with Crippen LogP contribution in [0, 0.1) is 12.3 Å². The third kappa shape index (κ3) is 5.26. The molecule has 3 rings (SSSR count). The second-order valence-corrected chi connectivity index (χ2v) is 6.62. The molecule has 0 heterocycles. The number of carbonyl (C=O) groups is 1. The molecular formula is C23H20ClNO2. The number of ether oxygens (including phenoxy) is 1. The molecule has 27 heavy (non-hydrogen) atoms. The van der Waals surface area contributed by atoms with Gasteiger partial charge in [0.2, 0.25) is 5.91 Å². The van der Waals surface area contributed by atoms with E-state index in [4.69, 9.17) is 22.8 Å². The van der Waals surface area contributed by atoms with Gasteiger partial charge in [0.25, 0.3) is 0 Å². The Hall–Kier alpha value is -2.96. The van der Waals surface area contributed by atoms with Crippen LogP contribution >= 0.6 is 11.6 Å². The van der Waals surface area contributed by atoms with Gasteiger partial charge in [-0.3, -0.25) is 4.79 Å². The Labute approximate surface area is 164 Å². The van der Waals surface area contributed by atoms with Crippen molar-refractivity contribution < 1.29 is 9.53 Å². The Morgan fingerprint density at radius 3 is 2.59 bits per heavy atom. The van der Waals surface area contributed by atoms with Crippen LogP contribution in [-0.2, 0) is 17.8 Å². The predicted octanol–water partition coefficient (Wildman–Crippen LogP) is 4.75. The number of hydrogen-bond acceptors (Lipinski definition) is 2. The van der Waals surface area contributed by atoms with Gasteiger partial charge in [-0.15, -0.1) is 6.42 Å². The van der Waals surface area contributed by atoms with E-state index in [1.807, 2.05) is 30.3 Å². The molecule has 0 saturated heterocycles. The van der Waals surface area contributed by atoms with E-state index >= 15 is 0 Å². The topological polar surface area (TPSA) is 38.3 Å².